The van der Waals surface area contributed by atoms with Crippen LogP contribution in [0.2, 0.25) is 5.02 Å². The minimum atomic E-state index is -0.443. The summed E-state index contributed by atoms with van der Waals surface area (Å²) in [6.45, 7) is 4.15. The summed E-state index contributed by atoms with van der Waals surface area (Å²) in [4.78, 5) is 12.8. The third-order valence-electron chi connectivity index (χ3n) is 4.02. The lowest BCUT2D eigenvalue weighted by Gasteiger charge is -2.11. The molecule has 0 aliphatic carbocycles. The van der Waals surface area contributed by atoms with Gasteiger partial charge in [0.05, 0.1) is 18.5 Å². The third-order valence-corrected chi connectivity index (χ3v) is 4.29. The van der Waals surface area contributed by atoms with Crippen LogP contribution in [0.25, 0.3) is 5.69 Å². The van der Waals surface area contributed by atoms with Gasteiger partial charge in [-0.1, -0.05) is 49.7 Å². The number of aliphatic hydroxyl groups excluding tert-OH is 1. The molecule has 0 amide bonds. The number of benzene rings is 2. The van der Waals surface area contributed by atoms with Crippen molar-refractivity contribution in [2.75, 3.05) is 0 Å². The van der Waals surface area contributed by atoms with E-state index in [0.29, 0.717) is 17.4 Å². The average molecular weight is 371 g/mol. The van der Waals surface area contributed by atoms with Gasteiger partial charge in [0.2, 0.25) is 5.75 Å². The zero-order valence-electron chi connectivity index (χ0n) is 14.5. The number of aromatic nitrogens is 2. The molecular formula is C20H19ClN2O3. The van der Waals surface area contributed by atoms with E-state index in [0.717, 1.165) is 5.56 Å². The largest absolute Gasteiger partial charge is 0.450 e. The predicted molar refractivity (Wildman–Crippen MR) is 101 cm³/mol. The zero-order chi connectivity index (χ0) is 18.7. The van der Waals surface area contributed by atoms with Gasteiger partial charge in [0.1, 0.15) is 10.8 Å². The first-order valence-corrected chi connectivity index (χ1v) is 8.63. The van der Waals surface area contributed by atoms with Crippen LogP contribution in [0.1, 0.15) is 30.9 Å². The van der Waals surface area contributed by atoms with Crippen molar-refractivity contribution in [3.05, 3.63) is 81.2 Å². The molecule has 0 atom stereocenters. The Bertz CT molecular complexity index is 948. The Morgan fingerprint density at radius 2 is 1.77 bits per heavy atom. The van der Waals surface area contributed by atoms with Gasteiger partial charge in [-0.2, -0.15) is 9.78 Å². The summed E-state index contributed by atoms with van der Waals surface area (Å²) in [7, 11) is 0. The fourth-order valence-electron chi connectivity index (χ4n) is 2.48. The molecule has 0 bridgehead atoms. The molecule has 0 spiro atoms. The van der Waals surface area contributed by atoms with E-state index >= 15 is 0 Å². The first-order valence-electron chi connectivity index (χ1n) is 8.25. The first kappa shape index (κ1) is 18.2. The van der Waals surface area contributed by atoms with Gasteiger partial charge in [-0.3, -0.25) is 4.79 Å². The molecule has 1 heterocycles. The third kappa shape index (κ3) is 3.79. The fourth-order valence-corrected chi connectivity index (χ4v) is 2.64. The van der Waals surface area contributed by atoms with Gasteiger partial charge in [-0.25, -0.2) is 0 Å². The molecule has 0 aliphatic heterocycles. The van der Waals surface area contributed by atoms with Crippen molar-refractivity contribution in [3.63, 3.8) is 0 Å². The second-order valence-corrected chi connectivity index (χ2v) is 6.60. The van der Waals surface area contributed by atoms with Crippen molar-refractivity contribution in [3.8, 4) is 17.2 Å². The van der Waals surface area contributed by atoms with Crippen molar-refractivity contribution in [2.24, 2.45) is 0 Å². The second kappa shape index (κ2) is 7.72. The van der Waals surface area contributed by atoms with E-state index in [-0.39, 0.29) is 17.4 Å². The van der Waals surface area contributed by atoms with Crippen LogP contribution >= 0.6 is 11.6 Å². The van der Waals surface area contributed by atoms with E-state index in [4.69, 9.17) is 21.4 Å². The Morgan fingerprint density at radius 3 is 2.35 bits per heavy atom. The van der Waals surface area contributed by atoms with Gasteiger partial charge in [0, 0.05) is 0 Å². The van der Waals surface area contributed by atoms with Crippen LogP contribution < -0.4 is 10.3 Å². The molecule has 1 aromatic heterocycles. The molecule has 134 valence electrons. The highest BCUT2D eigenvalue weighted by Gasteiger charge is 2.14. The van der Waals surface area contributed by atoms with Gasteiger partial charge in [-0.15, -0.1) is 0 Å². The van der Waals surface area contributed by atoms with E-state index in [1.54, 1.807) is 24.3 Å². The summed E-state index contributed by atoms with van der Waals surface area (Å²) in [5, 5.41) is 13.3. The number of ether oxygens (including phenoxy) is 1. The monoisotopic (exact) mass is 370 g/mol. The van der Waals surface area contributed by atoms with Crippen LogP contribution in [0.15, 0.2) is 59.5 Å². The van der Waals surface area contributed by atoms with E-state index in [9.17, 15) is 4.79 Å². The lowest BCUT2D eigenvalue weighted by Crippen LogP contribution is -2.22. The molecule has 2 aromatic carbocycles. The standard InChI is InChI=1S/C20H19ClN2O3/c1-13(2)15-5-7-16(8-6-15)23-20(25)19(18(21)11-22-23)26-17-9-3-14(12-24)4-10-17/h3-11,13,24H,12H2,1-2H3. The minimum absolute atomic E-state index is 0.00588. The predicted octanol–water partition coefficient (Wildman–Crippen LogP) is 4.29. The molecule has 3 aromatic rings. The topological polar surface area (TPSA) is 64.3 Å². The maximum absolute atomic E-state index is 12.8. The van der Waals surface area contributed by atoms with Gasteiger partial charge in [0.15, 0.2) is 0 Å². The molecule has 1 N–H and O–H groups in total. The van der Waals surface area contributed by atoms with Crippen LogP contribution in [0.3, 0.4) is 0 Å². The Hall–Kier alpha value is -2.63. The molecule has 3 rings (SSSR count). The molecule has 6 heteroatoms. The van der Waals surface area contributed by atoms with Crippen molar-refractivity contribution in [1.82, 2.24) is 9.78 Å². The maximum atomic E-state index is 12.8. The summed E-state index contributed by atoms with van der Waals surface area (Å²) < 4.78 is 6.93. The molecular weight excluding hydrogens is 352 g/mol. The van der Waals surface area contributed by atoms with Gasteiger partial charge < -0.3 is 9.84 Å². The zero-order valence-corrected chi connectivity index (χ0v) is 15.3. The number of halogens is 1. The highest BCUT2D eigenvalue weighted by atomic mass is 35.5. The Balaban J connectivity index is 1.96. The highest BCUT2D eigenvalue weighted by molar-refractivity contribution is 6.31. The van der Waals surface area contributed by atoms with Crippen LogP contribution in [0.4, 0.5) is 0 Å². The average Bonchev–Trinajstić information content (AvgIpc) is 2.66. The van der Waals surface area contributed by atoms with Gasteiger partial charge in [0.25, 0.3) is 0 Å². The smallest absolute Gasteiger partial charge is 0.316 e. The molecule has 5 nitrogen and oxygen atoms in total. The van der Waals surface area contributed by atoms with Gasteiger partial charge >= 0.3 is 5.56 Å². The van der Waals surface area contributed by atoms with Crippen molar-refractivity contribution in [2.45, 2.75) is 26.4 Å². The second-order valence-electron chi connectivity index (χ2n) is 6.19. The molecule has 0 fully saturated rings. The van der Waals surface area contributed by atoms with Crippen molar-refractivity contribution in [1.29, 1.82) is 0 Å². The lowest BCUT2D eigenvalue weighted by molar-refractivity contribution is 0.281. The minimum Gasteiger partial charge on any atom is -0.450 e. The number of nitrogens with zero attached hydrogens (tertiary/aromatic N) is 2. The normalized spacial score (nSPS) is 11.0. The van der Waals surface area contributed by atoms with Gasteiger partial charge in [-0.05, 0) is 41.3 Å². The highest BCUT2D eigenvalue weighted by Crippen LogP contribution is 2.26. The molecule has 0 saturated carbocycles. The van der Waals surface area contributed by atoms with Crippen molar-refractivity contribution >= 4 is 11.6 Å². The summed E-state index contributed by atoms with van der Waals surface area (Å²) in [5.41, 5.74) is 2.12. The maximum Gasteiger partial charge on any atom is 0.316 e. The molecule has 26 heavy (non-hydrogen) atoms. The Labute approximate surface area is 156 Å². The van der Waals surface area contributed by atoms with Crippen LogP contribution in [-0.4, -0.2) is 14.9 Å². The SMILES string of the molecule is CC(C)c1ccc(-n2ncc(Cl)c(Oc3ccc(CO)cc3)c2=O)cc1. The molecule has 0 saturated heterocycles. The summed E-state index contributed by atoms with van der Waals surface area (Å²) in [6.07, 6.45) is 1.39. The number of hydrogen-bond donors (Lipinski definition) is 1. The molecule has 0 unspecified atom stereocenters. The number of rotatable bonds is 5. The van der Waals surface area contributed by atoms with Crippen LogP contribution in [0, 0.1) is 0 Å². The number of aliphatic hydroxyl groups is 1. The first-order chi connectivity index (χ1) is 12.5. The van der Waals surface area contributed by atoms with E-state index < -0.39 is 5.56 Å². The van der Waals surface area contributed by atoms with E-state index in [1.807, 2.05) is 24.3 Å². The fraction of sp³-hybridized carbons (Fsp3) is 0.200. The van der Waals surface area contributed by atoms with E-state index in [1.165, 1.54) is 16.4 Å². The summed E-state index contributed by atoms with van der Waals surface area (Å²) >= 11 is 6.12. The lowest BCUT2D eigenvalue weighted by atomic mass is 10.0. The van der Waals surface area contributed by atoms with Crippen molar-refractivity contribution < 1.29 is 9.84 Å². The summed E-state index contributed by atoms with van der Waals surface area (Å²) in [5.74, 6) is 0.861. The van der Waals surface area contributed by atoms with Crippen LogP contribution in [-0.2, 0) is 6.61 Å². The number of hydrogen-bond acceptors (Lipinski definition) is 4. The summed E-state index contributed by atoms with van der Waals surface area (Å²) in [6, 6.07) is 14.4. The van der Waals surface area contributed by atoms with E-state index in [2.05, 4.69) is 18.9 Å². The molecule has 0 radical (unpaired) electrons. The van der Waals surface area contributed by atoms with Crippen LogP contribution in [0.5, 0.6) is 11.5 Å². The Kier molecular flexibility index (Phi) is 5.40. The quantitative estimate of drug-likeness (QED) is 0.727. The molecule has 0 aliphatic rings. The Morgan fingerprint density at radius 1 is 1.12 bits per heavy atom.